The van der Waals surface area contributed by atoms with E-state index in [-0.39, 0.29) is 0 Å². The van der Waals surface area contributed by atoms with Gasteiger partial charge in [0.2, 0.25) is 0 Å². The summed E-state index contributed by atoms with van der Waals surface area (Å²) in [4.78, 5) is 2.22. The SMILES string of the molecule is CC(C)N1COc2c(Cl)cc(Cl)cc2C1. The summed E-state index contributed by atoms with van der Waals surface area (Å²) >= 11 is 12.0. The maximum absolute atomic E-state index is 6.05. The summed E-state index contributed by atoms with van der Waals surface area (Å²) in [5, 5.41) is 1.26. The second-order valence-corrected chi connectivity index (χ2v) is 4.83. The molecule has 1 aromatic rings. The van der Waals surface area contributed by atoms with Gasteiger partial charge in [-0.3, -0.25) is 4.90 Å². The number of nitrogens with zero attached hydrogens (tertiary/aromatic N) is 1. The summed E-state index contributed by atoms with van der Waals surface area (Å²) in [7, 11) is 0. The molecule has 0 fully saturated rings. The fraction of sp³-hybridized carbons (Fsp3) is 0.455. The lowest BCUT2D eigenvalue weighted by atomic mass is 10.1. The van der Waals surface area contributed by atoms with Gasteiger partial charge in [0.05, 0.1) is 5.02 Å². The molecule has 0 saturated carbocycles. The van der Waals surface area contributed by atoms with Gasteiger partial charge >= 0.3 is 0 Å². The van der Waals surface area contributed by atoms with Crippen molar-refractivity contribution in [3.05, 3.63) is 27.7 Å². The van der Waals surface area contributed by atoms with Crippen LogP contribution < -0.4 is 4.74 Å². The number of rotatable bonds is 1. The summed E-state index contributed by atoms with van der Waals surface area (Å²) < 4.78 is 5.62. The fourth-order valence-electron chi connectivity index (χ4n) is 1.64. The second-order valence-electron chi connectivity index (χ2n) is 3.99. The Morgan fingerprint density at radius 2 is 2.07 bits per heavy atom. The van der Waals surface area contributed by atoms with Gasteiger partial charge in [-0.25, -0.2) is 0 Å². The van der Waals surface area contributed by atoms with E-state index in [1.165, 1.54) is 0 Å². The van der Waals surface area contributed by atoms with Crippen molar-refractivity contribution in [2.45, 2.75) is 26.4 Å². The van der Waals surface area contributed by atoms with Gasteiger partial charge in [-0.15, -0.1) is 0 Å². The first-order chi connectivity index (χ1) is 7.08. The molecule has 0 aliphatic carbocycles. The van der Waals surface area contributed by atoms with Crippen LogP contribution in [0.2, 0.25) is 10.0 Å². The van der Waals surface area contributed by atoms with Crippen molar-refractivity contribution in [2.24, 2.45) is 0 Å². The summed E-state index contributed by atoms with van der Waals surface area (Å²) in [6, 6.07) is 4.08. The van der Waals surface area contributed by atoms with E-state index in [0.717, 1.165) is 17.9 Å². The van der Waals surface area contributed by atoms with Crippen molar-refractivity contribution in [1.29, 1.82) is 0 Å². The van der Waals surface area contributed by atoms with Crippen LogP contribution in [-0.4, -0.2) is 17.7 Å². The number of halogens is 2. The molecule has 1 aliphatic heterocycles. The molecule has 0 N–H and O–H groups in total. The van der Waals surface area contributed by atoms with Gasteiger partial charge in [-0.1, -0.05) is 23.2 Å². The Hall–Kier alpha value is -0.440. The van der Waals surface area contributed by atoms with Gasteiger partial charge in [0.25, 0.3) is 0 Å². The zero-order chi connectivity index (χ0) is 11.0. The number of ether oxygens (including phenoxy) is 1. The zero-order valence-corrected chi connectivity index (χ0v) is 10.3. The highest BCUT2D eigenvalue weighted by atomic mass is 35.5. The number of benzene rings is 1. The van der Waals surface area contributed by atoms with E-state index in [1.807, 2.05) is 6.07 Å². The Balaban J connectivity index is 2.33. The lowest BCUT2D eigenvalue weighted by molar-refractivity contribution is 0.0687. The van der Waals surface area contributed by atoms with E-state index in [1.54, 1.807) is 6.07 Å². The van der Waals surface area contributed by atoms with Crippen molar-refractivity contribution in [3.8, 4) is 5.75 Å². The van der Waals surface area contributed by atoms with Crippen molar-refractivity contribution >= 4 is 23.2 Å². The molecule has 1 aliphatic rings. The predicted octanol–water partition coefficient (Wildman–Crippen LogP) is 3.55. The van der Waals surface area contributed by atoms with E-state index in [2.05, 4.69) is 18.7 Å². The van der Waals surface area contributed by atoms with Crippen LogP contribution in [0.15, 0.2) is 12.1 Å². The molecular formula is C11H13Cl2NO. The number of fused-ring (bicyclic) bond motifs is 1. The maximum Gasteiger partial charge on any atom is 0.144 e. The highest BCUT2D eigenvalue weighted by Crippen LogP contribution is 2.35. The molecule has 0 bridgehead atoms. The van der Waals surface area contributed by atoms with Gasteiger partial charge in [0.1, 0.15) is 12.5 Å². The molecule has 15 heavy (non-hydrogen) atoms. The normalized spacial score (nSPS) is 16.3. The van der Waals surface area contributed by atoms with Crippen molar-refractivity contribution in [2.75, 3.05) is 6.73 Å². The minimum absolute atomic E-state index is 0.455. The van der Waals surface area contributed by atoms with E-state index < -0.39 is 0 Å². The van der Waals surface area contributed by atoms with Gasteiger partial charge in [-0.05, 0) is 26.0 Å². The summed E-state index contributed by atoms with van der Waals surface area (Å²) in [5.41, 5.74) is 1.06. The summed E-state index contributed by atoms with van der Waals surface area (Å²) in [6.45, 7) is 5.71. The van der Waals surface area contributed by atoms with E-state index in [9.17, 15) is 0 Å². The lowest BCUT2D eigenvalue weighted by Gasteiger charge is -2.32. The van der Waals surface area contributed by atoms with Crippen LogP contribution in [0.3, 0.4) is 0 Å². The monoisotopic (exact) mass is 245 g/mol. The number of hydrogen-bond donors (Lipinski definition) is 0. The smallest absolute Gasteiger partial charge is 0.144 e. The fourth-order valence-corrected chi connectivity index (χ4v) is 2.23. The predicted molar refractivity (Wildman–Crippen MR) is 62.6 cm³/mol. The third-order valence-electron chi connectivity index (χ3n) is 2.56. The van der Waals surface area contributed by atoms with Crippen LogP contribution in [0.4, 0.5) is 0 Å². The van der Waals surface area contributed by atoms with E-state index in [0.29, 0.717) is 22.8 Å². The Labute approximate surface area is 99.7 Å². The first-order valence-electron chi connectivity index (χ1n) is 4.92. The first kappa shape index (κ1) is 11.1. The molecule has 0 spiro atoms. The topological polar surface area (TPSA) is 12.5 Å². The first-order valence-corrected chi connectivity index (χ1v) is 5.68. The van der Waals surface area contributed by atoms with Crippen molar-refractivity contribution < 1.29 is 4.74 Å². The van der Waals surface area contributed by atoms with Crippen LogP contribution in [0.25, 0.3) is 0 Å². The molecule has 2 nitrogen and oxygen atoms in total. The molecule has 0 saturated heterocycles. The van der Waals surface area contributed by atoms with Crippen LogP contribution in [-0.2, 0) is 6.54 Å². The van der Waals surface area contributed by atoms with E-state index in [4.69, 9.17) is 27.9 Å². The van der Waals surface area contributed by atoms with Crippen molar-refractivity contribution in [1.82, 2.24) is 4.90 Å². The van der Waals surface area contributed by atoms with Gasteiger partial charge in [0.15, 0.2) is 0 Å². The van der Waals surface area contributed by atoms with Crippen LogP contribution in [0.5, 0.6) is 5.75 Å². The highest BCUT2D eigenvalue weighted by Gasteiger charge is 2.21. The average Bonchev–Trinajstić information content (AvgIpc) is 2.16. The van der Waals surface area contributed by atoms with Gasteiger partial charge in [-0.2, -0.15) is 0 Å². The Morgan fingerprint density at radius 1 is 1.33 bits per heavy atom. The molecule has 0 radical (unpaired) electrons. The van der Waals surface area contributed by atoms with Crippen LogP contribution in [0.1, 0.15) is 19.4 Å². The molecule has 1 aromatic carbocycles. The molecule has 82 valence electrons. The Morgan fingerprint density at radius 3 is 2.73 bits per heavy atom. The van der Waals surface area contributed by atoms with Crippen molar-refractivity contribution in [3.63, 3.8) is 0 Å². The third kappa shape index (κ3) is 2.22. The zero-order valence-electron chi connectivity index (χ0n) is 8.76. The molecule has 0 amide bonds. The summed E-state index contributed by atoms with van der Waals surface area (Å²) in [6.07, 6.45) is 0. The summed E-state index contributed by atoms with van der Waals surface area (Å²) in [5.74, 6) is 0.776. The quantitative estimate of drug-likeness (QED) is 0.751. The molecule has 0 aromatic heterocycles. The standard InChI is InChI=1S/C11H13Cl2NO/c1-7(2)14-5-8-3-9(12)4-10(13)11(8)15-6-14/h3-4,7H,5-6H2,1-2H3. The molecule has 0 unspecified atom stereocenters. The van der Waals surface area contributed by atoms with Crippen LogP contribution in [0, 0.1) is 0 Å². The minimum atomic E-state index is 0.455. The van der Waals surface area contributed by atoms with Gasteiger partial charge < -0.3 is 4.74 Å². The molecule has 2 rings (SSSR count). The lowest BCUT2D eigenvalue weighted by Crippen LogP contribution is -2.37. The largest absolute Gasteiger partial charge is 0.476 e. The van der Waals surface area contributed by atoms with Crippen LogP contribution >= 0.6 is 23.2 Å². The molecular weight excluding hydrogens is 233 g/mol. The highest BCUT2D eigenvalue weighted by molar-refractivity contribution is 6.35. The third-order valence-corrected chi connectivity index (χ3v) is 3.06. The maximum atomic E-state index is 6.05. The van der Waals surface area contributed by atoms with Gasteiger partial charge in [0, 0.05) is 23.2 Å². The van der Waals surface area contributed by atoms with E-state index >= 15 is 0 Å². The Bertz CT molecular complexity index is 379. The molecule has 0 atom stereocenters. The molecule has 4 heteroatoms. The average molecular weight is 246 g/mol. The number of hydrogen-bond acceptors (Lipinski definition) is 2. The minimum Gasteiger partial charge on any atom is -0.476 e. The Kier molecular flexibility index (Phi) is 3.10. The second kappa shape index (κ2) is 4.20. The molecule has 1 heterocycles.